The summed E-state index contributed by atoms with van der Waals surface area (Å²) in [5.74, 6) is 0. The maximum Gasteiger partial charge on any atom is 0.390 e. The molecule has 0 heterocycles. The van der Waals surface area contributed by atoms with Gasteiger partial charge < -0.3 is 0 Å². The first-order valence-corrected chi connectivity index (χ1v) is 7.72. The lowest BCUT2D eigenvalue weighted by Gasteiger charge is -2.42. The minimum Gasteiger partial charge on any atom is -0.171 e. The third kappa shape index (κ3) is 3.56. The molecule has 1 unspecified atom stereocenters. The summed E-state index contributed by atoms with van der Waals surface area (Å²) in [6.07, 6.45) is -3.11. The van der Waals surface area contributed by atoms with E-state index < -0.39 is 18.0 Å². The van der Waals surface area contributed by atoms with Gasteiger partial charge in [-0.2, -0.15) is 13.2 Å². The highest BCUT2D eigenvalue weighted by atomic mass is 35.5. The molecule has 1 aromatic rings. The fraction of sp³-hybridized carbons (Fsp3) is 0.647. The Balaban J connectivity index is 2.42. The van der Waals surface area contributed by atoms with Crippen LogP contribution in [0.15, 0.2) is 18.2 Å². The first kappa shape index (κ1) is 16.7. The van der Waals surface area contributed by atoms with Crippen LogP contribution >= 0.6 is 11.6 Å². The summed E-state index contributed by atoms with van der Waals surface area (Å²) < 4.78 is 37.6. The number of alkyl halides is 4. The number of halogens is 4. The summed E-state index contributed by atoms with van der Waals surface area (Å²) in [5, 5.41) is -1.02. The molecular weight excluding hydrogens is 297 g/mol. The van der Waals surface area contributed by atoms with Crippen LogP contribution in [0.1, 0.15) is 69.0 Å². The van der Waals surface area contributed by atoms with Gasteiger partial charge in [0.15, 0.2) is 0 Å². The smallest absolute Gasteiger partial charge is 0.171 e. The Labute approximate surface area is 129 Å². The minimum atomic E-state index is -4.24. The van der Waals surface area contributed by atoms with Crippen LogP contribution in [-0.4, -0.2) is 6.18 Å². The SMILES string of the molecule is CC1(C)CCC(C)(C)c2cc(C(Cl)CC(F)(F)F)ccc21. The second-order valence-corrected chi connectivity index (χ2v) is 7.89. The lowest BCUT2D eigenvalue weighted by atomic mass is 9.63. The van der Waals surface area contributed by atoms with Crippen LogP contribution in [-0.2, 0) is 10.8 Å². The molecule has 1 aliphatic carbocycles. The molecule has 1 atom stereocenters. The Morgan fingerprint density at radius 1 is 1.05 bits per heavy atom. The highest BCUT2D eigenvalue weighted by Crippen LogP contribution is 2.47. The van der Waals surface area contributed by atoms with E-state index in [1.165, 1.54) is 5.56 Å². The molecule has 0 N–H and O–H groups in total. The Bertz CT molecular complexity index is 529. The monoisotopic (exact) mass is 318 g/mol. The van der Waals surface area contributed by atoms with Gasteiger partial charge in [0.25, 0.3) is 0 Å². The van der Waals surface area contributed by atoms with Crippen LogP contribution < -0.4 is 0 Å². The van der Waals surface area contributed by atoms with E-state index in [9.17, 15) is 13.2 Å². The summed E-state index contributed by atoms with van der Waals surface area (Å²) in [5.41, 5.74) is 2.99. The average Bonchev–Trinajstić information content (AvgIpc) is 2.33. The molecule has 4 heteroatoms. The van der Waals surface area contributed by atoms with Gasteiger partial charge in [-0.3, -0.25) is 0 Å². The lowest BCUT2D eigenvalue weighted by Crippen LogP contribution is -2.34. The van der Waals surface area contributed by atoms with Gasteiger partial charge in [0.1, 0.15) is 0 Å². The molecule has 0 aliphatic heterocycles. The second-order valence-electron chi connectivity index (χ2n) is 7.36. The summed E-state index contributed by atoms with van der Waals surface area (Å²) in [6, 6.07) is 5.61. The van der Waals surface area contributed by atoms with E-state index in [4.69, 9.17) is 11.6 Å². The van der Waals surface area contributed by atoms with Crippen molar-refractivity contribution in [2.24, 2.45) is 0 Å². The number of rotatable bonds is 2. The van der Waals surface area contributed by atoms with Gasteiger partial charge >= 0.3 is 6.18 Å². The Hall–Kier alpha value is -0.700. The van der Waals surface area contributed by atoms with E-state index >= 15 is 0 Å². The van der Waals surface area contributed by atoms with Crippen molar-refractivity contribution in [1.82, 2.24) is 0 Å². The van der Waals surface area contributed by atoms with Crippen molar-refractivity contribution < 1.29 is 13.2 Å². The summed E-state index contributed by atoms with van der Waals surface area (Å²) >= 11 is 5.98. The number of hydrogen-bond donors (Lipinski definition) is 0. The number of fused-ring (bicyclic) bond motifs is 1. The van der Waals surface area contributed by atoms with E-state index in [1.54, 1.807) is 6.07 Å². The zero-order valence-electron chi connectivity index (χ0n) is 12.9. The molecule has 0 saturated heterocycles. The van der Waals surface area contributed by atoms with E-state index in [-0.39, 0.29) is 10.8 Å². The van der Waals surface area contributed by atoms with Crippen LogP contribution in [0.2, 0.25) is 0 Å². The van der Waals surface area contributed by atoms with Crippen molar-refractivity contribution in [3.8, 4) is 0 Å². The Kier molecular flexibility index (Phi) is 4.12. The van der Waals surface area contributed by atoms with E-state index in [1.807, 2.05) is 12.1 Å². The Morgan fingerprint density at radius 2 is 1.57 bits per heavy atom. The predicted octanol–water partition coefficient (Wildman–Crippen LogP) is 6.27. The van der Waals surface area contributed by atoms with Crippen molar-refractivity contribution in [3.63, 3.8) is 0 Å². The largest absolute Gasteiger partial charge is 0.390 e. The van der Waals surface area contributed by atoms with Gasteiger partial charge in [0, 0.05) is 0 Å². The second kappa shape index (κ2) is 5.19. The Morgan fingerprint density at radius 3 is 2.10 bits per heavy atom. The fourth-order valence-corrected chi connectivity index (χ4v) is 3.43. The molecule has 0 bridgehead atoms. The van der Waals surface area contributed by atoms with Crippen molar-refractivity contribution in [3.05, 3.63) is 34.9 Å². The van der Waals surface area contributed by atoms with Gasteiger partial charge in [-0.15, -0.1) is 11.6 Å². The van der Waals surface area contributed by atoms with Crippen LogP contribution in [0.3, 0.4) is 0 Å². The van der Waals surface area contributed by atoms with E-state index in [2.05, 4.69) is 27.7 Å². The van der Waals surface area contributed by atoms with Crippen LogP contribution in [0, 0.1) is 0 Å². The van der Waals surface area contributed by atoms with Gasteiger partial charge in [0.2, 0.25) is 0 Å². The highest BCUT2D eigenvalue weighted by molar-refractivity contribution is 6.20. The first-order valence-electron chi connectivity index (χ1n) is 7.28. The molecule has 118 valence electrons. The molecule has 0 aromatic heterocycles. The van der Waals surface area contributed by atoms with Gasteiger partial charge in [-0.05, 0) is 40.4 Å². The molecule has 1 aromatic carbocycles. The standard InChI is InChI=1S/C17H22ClF3/c1-15(2)7-8-16(3,4)13-9-11(5-6-12(13)15)14(18)10-17(19,20)21/h5-6,9,14H,7-8,10H2,1-4H3. The number of benzene rings is 1. The van der Waals surface area contributed by atoms with Gasteiger partial charge in [0.05, 0.1) is 11.8 Å². The van der Waals surface area contributed by atoms with Crippen molar-refractivity contribution in [2.45, 2.75) is 69.3 Å². The minimum absolute atomic E-state index is 0.0182. The van der Waals surface area contributed by atoms with E-state index in [0.717, 1.165) is 18.4 Å². The van der Waals surface area contributed by atoms with Crippen molar-refractivity contribution in [1.29, 1.82) is 0 Å². The maximum absolute atomic E-state index is 12.5. The molecule has 0 spiro atoms. The van der Waals surface area contributed by atoms with Crippen LogP contribution in [0.4, 0.5) is 13.2 Å². The lowest BCUT2D eigenvalue weighted by molar-refractivity contribution is -0.134. The van der Waals surface area contributed by atoms with E-state index in [0.29, 0.717) is 5.56 Å². The summed E-state index contributed by atoms with van der Waals surface area (Å²) in [4.78, 5) is 0. The highest BCUT2D eigenvalue weighted by Gasteiger charge is 2.38. The molecular formula is C17H22ClF3. The van der Waals surface area contributed by atoms with Gasteiger partial charge in [-0.1, -0.05) is 45.9 Å². The van der Waals surface area contributed by atoms with Crippen molar-refractivity contribution in [2.75, 3.05) is 0 Å². The maximum atomic E-state index is 12.5. The predicted molar refractivity (Wildman–Crippen MR) is 81.0 cm³/mol. The molecule has 0 saturated carbocycles. The summed E-state index contributed by atoms with van der Waals surface area (Å²) in [6.45, 7) is 8.68. The zero-order valence-corrected chi connectivity index (χ0v) is 13.7. The summed E-state index contributed by atoms with van der Waals surface area (Å²) in [7, 11) is 0. The third-order valence-electron chi connectivity index (χ3n) is 4.65. The molecule has 0 amide bonds. The normalized spacial score (nSPS) is 21.7. The molecule has 0 fully saturated rings. The topological polar surface area (TPSA) is 0 Å². The molecule has 21 heavy (non-hydrogen) atoms. The first-order chi connectivity index (χ1) is 9.42. The average molecular weight is 319 g/mol. The van der Waals surface area contributed by atoms with Crippen molar-refractivity contribution >= 4 is 11.6 Å². The molecule has 1 aliphatic rings. The van der Waals surface area contributed by atoms with Crippen LogP contribution in [0.25, 0.3) is 0 Å². The molecule has 0 radical (unpaired) electrons. The quantitative estimate of drug-likeness (QED) is 0.564. The third-order valence-corrected chi connectivity index (χ3v) is 5.06. The zero-order chi connectivity index (χ0) is 16.1. The van der Waals surface area contributed by atoms with Crippen LogP contribution in [0.5, 0.6) is 0 Å². The fourth-order valence-electron chi connectivity index (χ4n) is 3.12. The van der Waals surface area contributed by atoms with Gasteiger partial charge in [-0.25, -0.2) is 0 Å². The number of hydrogen-bond acceptors (Lipinski definition) is 0. The molecule has 0 nitrogen and oxygen atoms in total. The molecule has 2 rings (SSSR count).